The summed E-state index contributed by atoms with van der Waals surface area (Å²) in [7, 11) is 0. The van der Waals surface area contributed by atoms with Crippen molar-refractivity contribution in [2.45, 2.75) is 38.1 Å². The summed E-state index contributed by atoms with van der Waals surface area (Å²) in [4.78, 5) is 31.5. The van der Waals surface area contributed by atoms with Gasteiger partial charge in [-0.2, -0.15) is 0 Å². The van der Waals surface area contributed by atoms with Crippen LogP contribution < -0.4 is 5.32 Å². The molecule has 0 unspecified atom stereocenters. The fourth-order valence-corrected chi connectivity index (χ4v) is 5.00. The van der Waals surface area contributed by atoms with Crippen molar-refractivity contribution in [1.82, 2.24) is 15.1 Å². The molecule has 0 aliphatic carbocycles. The van der Waals surface area contributed by atoms with Gasteiger partial charge in [0.25, 0.3) is 11.8 Å². The summed E-state index contributed by atoms with van der Waals surface area (Å²) >= 11 is 1.55. The van der Waals surface area contributed by atoms with E-state index in [2.05, 4.69) is 10.2 Å². The Morgan fingerprint density at radius 2 is 1.67 bits per heavy atom. The van der Waals surface area contributed by atoms with Gasteiger partial charge < -0.3 is 15.1 Å². The van der Waals surface area contributed by atoms with E-state index in [1.165, 1.54) is 32.4 Å². The smallest absolute Gasteiger partial charge is 0.270 e. The molecular formula is C24H29N3O2S. The highest BCUT2D eigenvalue weighted by atomic mass is 32.1. The first kappa shape index (κ1) is 20.8. The molecule has 1 aromatic carbocycles. The van der Waals surface area contributed by atoms with Crippen LogP contribution >= 0.6 is 11.3 Å². The number of rotatable bonds is 5. The minimum Gasteiger partial charge on any atom is -0.337 e. The molecule has 2 aliphatic rings. The molecule has 2 aromatic rings. The average Bonchev–Trinajstić information content (AvgIpc) is 3.32. The molecule has 3 heterocycles. The molecule has 6 heteroatoms. The van der Waals surface area contributed by atoms with Crippen LogP contribution in [0, 0.1) is 0 Å². The first-order valence-electron chi connectivity index (χ1n) is 10.9. The molecular weight excluding hydrogens is 394 g/mol. The summed E-state index contributed by atoms with van der Waals surface area (Å²) in [5.74, 6) is -0.347. The van der Waals surface area contributed by atoms with Crippen LogP contribution in [0.2, 0.25) is 0 Å². The summed E-state index contributed by atoms with van der Waals surface area (Å²) in [5, 5.41) is 4.84. The highest BCUT2D eigenvalue weighted by Crippen LogP contribution is 2.22. The molecule has 4 rings (SSSR count). The Bertz CT molecular complexity index is 865. The average molecular weight is 424 g/mol. The van der Waals surface area contributed by atoms with E-state index < -0.39 is 0 Å². The van der Waals surface area contributed by atoms with E-state index in [0.29, 0.717) is 17.3 Å². The second-order valence-corrected chi connectivity index (χ2v) is 8.99. The molecule has 0 spiro atoms. The molecule has 0 bridgehead atoms. The monoisotopic (exact) mass is 423 g/mol. The number of nitrogens with zero attached hydrogens (tertiary/aromatic N) is 2. The highest BCUT2D eigenvalue weighted by molar-refractivity contribution is 7.10. The van der Waals surface area contributed by atoms with Crippen molar-refractivity contribution in [3.8, 4) is 0 Å². The molecule has 5 nitrogen and oxygen atoms in total. The lowest BCUT2D eigenvalue weighted by molar-refractivity contribution is -0.129. The normalized spacial score (nSPS) is 18.9. The molecule has 2 fully saturated rings. The molecule has 0 radical (unpaired) electrons. The lowest BCUT2D eigenvalue weighted by atomic mass is 9.99. The van der Waals surface area contributed by atoms with E-state index in [4.69, 9.17) is 0 Å². The zero-order valence-corrected chi connectivity index (χ0v) is 18.1. The highest BCUT2D eigenvalue weighted by Gasteiger charge is 2.29. The van der Waals surface area contributed by atoms with E-state index in [1.54, 1.807) is 29.5 Å². The number of carbonyl (C=O) groups is 2. The van der Waals surface area contributed by atoms with E-state index in [9.17, 15) is 9.59 Å². The Balaban J connectivity index is 1.44. The molecule has 0 atom stereocenters. The van der Waals surface area contributed by atoms with Gasteiger partial charge in [-0.05, 0) is 68.4 Å². The Kier molecular flexibility index (Phi) is 6.97. The van der Waals surface area contributed by atoms with Crippen LogP contribution in [0.15, 0.2) is 53.5 Å². The van der Waals surface area contributed by atoms with Crippen LogP contribution in [-0.4, -0.2) is 53.8 Å². The number of likely N-dealkylation sites (tertiary alicyclic amines) is 2. The molecule has 2 amide bonds. The van der Waals surface area contributed by atoms with Crippen LogP contribution in [0.1, 0.15) is 47.3 Å². The topological polar surface area (TPSA) is 52.7 Å². The minimum absolute atomic E-state index is 0.0928. The summed E-state index contributed by atoms with van der Waals surface area (Å²) < 4.78 is 0. The Morgan fingerprint density at radius 1 is 0.933 bits per heavy atom. The summed E-state index contributed by atoms with van der Waals surface area (Å²) in [6.45, 7) is 3.86. The minimum atomic E-state index is -0.255. The lowest BCUT2D eigenvalue weighted by Gasteiger charge is -2.40. The van der Waals surface area contributed by atoms with Gasteiger partial charge in [0.15, 0.2) is 0 Å². The maximum absolute atomic E-state index is 13.3. The van der Waals surface area contributed by atoms with Gasteiger partial charge in [0, 0.05) is 29.6 Å². The van der Waals surface area contributed by atoms with Gasteiger partial charge >= 0.3 is 0 Å². The second kappa shape index (κ2) is 10.0. The Hall–Kier alpha value is -2.44. The zero-order valence-electron chi connectivity index (χ0n) is 17.3. The number of piperidine rings is 2. The maximum Gasteiger partial charge on any atom is 0.270 e. The van der Waals surface area contributed by atoms with Gasteiger partial charge in [-0.25, -0.2) is 0 Å². The van der Waals surface area contributed by atoms with Crippen LogP contribution in [0.3, 0.4) is 0 Å². The number of nitrogens with one attached hydrogen (secondary N) is 1. The second-order valence-electron chi connectivity index (χ2n) is 8.01. The number of benzene rings is 1. The fraction of sp³-hybridized carbons (Fsp3) is 0.417. The molecule has 2 saturated heterocycles. The Morgan fingerprint density at radius 3 is 2.33 bits per heavy atom. The van der Waals surface area contributed by atoms with E-state index in [0.717, 1.165) is 30.8 Å². The van der Waals surface area contributed by atoms with Crippen molar-refractivity contribution in [2.75, 3.05) is 26.2 Å². The molecule has 0 saturated carbocycles. The van der Waals surface area contributed by atoms with Crippen molar-refractivity contribution < 1.29 is 9.59 Å². The van der Waals surface area contributed by atoms with Crippen LogP contribution in [0.4, 0.5) is 0 Å². The number of hydrogen-bond donors (Lipinski definition) is 1. The molecule has 1 N–H and O–H groups in total. The largest absolute Gasteiger partial charge is 0.337 e. The van der Waals surface area contributed by atoms with E-state index >= 15 is 0 Å². The van der Waals surface area contributed by atoms with Crippen molar-refractivity contribution in [3.63, 3.8) is 0 Å². The fourth-order valence-electron chi connectivity index (χ4n) is 4.34. The number of carbonyl (C=O) groups excluding carboxylic acids is 2. The van der Waals surface area contributed by atoms with Gasteiger partial charge in [0.2, 0.25) is 0 Å². The summed E-state index contributed by atoms with van der Waals surface area (Å²) in [5.41, 5.74) is 0.897. The van der Waals surface area contributed by atoms with E-state index in [-0.39, 0.29) is 11.8 Å². The Labute approximate surface area is 182 Å². The molecule has 1 aromatic heterocycles. The zero-order chi connectivity index (χ0) is 20.8. The van der Waals surface area contributed by atoms with Gasteiger partial charge in [-0.3, -0.25) is 9.59 Å². The van der Waals surface area contributed by atoms with Crippen molar-refractivity contribution in [2.24, 2.45) is 0 Å². The molecule has 30 heavy (non-hydrogen) atoms. The standard InChI is InChI=1S/C24H29N3O2S/c28-23(19-8-3-1-4-9-19)25-22(18-21-10-7-17-30-21)24(29)27-15-11-20(12-16-27)26-13-5-2-6-14-26/h1,3-4,7-10,17-18,20H,2,5-6,11-16H2,(H,25,28)/b22-18-. The first-order valence-corrected chi connectivity index (χ1v) is 11.7. The predicted octanol–water partition coefficient (Wildman–Crippen LogP) is 4.00. The number of amides is 2. The third-order valence-electron chi connectivity index (χ3n) is 6.00. The predicted molar refractivity (Wildman–Crippen MR) is 121 cm³/mol. The maximum atomic E-state index is 13.3. The number of thiophene rings is 1. The summed E-state index contributed by atoms with van der Waals surface area (Å²) in [6.07, 6.45) is 7.72. The van der Waals surface area contributed by atoms with Crippen molar-refractivity contribution >= 4 is 29.2 Å². The summed E-state index contributed by atoms with van der Waals surface area (Å²) in [6, 6.07) is 13.5. The number of hydrogen-bond acceptors (Lipinski definition) is 4. The molecule has 158 valence electrons. The van der Waals surface area contributed by atoms with Crippen LogP contribution in [0.25, 0.3) is 6.08 Å². The van der Waals surface area contributed by atoms with Crippen LogP contribution in [-0.2, 0) is 4.79 Å². The van der Waals surface area contributed by atoms with Gasteiger partial charge in [-0.15, -0.1) is 11.3 Å². The third kappa shape index (κ3) is 5.18. The SMILES string of the molecule is O=C(N/C(=C\c1cccs1)C(=O)N1CCC(N2CCCCC2)CC1)c1ccccc1. The van der Waals surface area contributed by atoms with Crippen LogP contribution in [0.5, 0.6) is 0 Å². The molecule has 2 aliphatic heterocycles. The third-order valence-corrected chi connectivity index (χ3v) is 6.82. The quantitative estimate of drug-likeness (QED) is 0.740. The van der Waals surface area contributed by atoms with Gasteiger partial charge in [0.05, 0.1) is 0 Å². The first-order chi connectivity index (χ1) is 14.7. The van der Waals surface area contributed by atoms with Gasteiger partial charge in [-0.1, -0.05) is 30.7 Å². The van der Waals surface area contributed by atoms with Gasteiger partial charge in [0.1, 0.15) is 5.70 Å². The van der Waals surface area contributed by atoms with Crippen molar-refractivity contribution in [1.29, 1.82) is 0 Å². The lowest BCUT2D eigenvalue weighted by Crippen LogP contribution is -2.49. The van der Waals surface area contributed by atoms with Crippen molar-refractivity contribution in [3.05, 3.63) is 64.0 Å². The van der Waals surface area contributed by atoms with E-state index in [1.807, 2.05) is 40.6 Å².